The third-order valence-electron chi connectivity index (χ3n) is 7.32. The molecule has 2 aliphatic rings. The Morgan fingerprint density at radius 1 is 1.09 bits per heavy atom. The van der Waals surface area contributed by atoms with E-state index in [1.165, 1.54) is 11.3 Å². The predicted octanol–water partition coefficient (Wildman–Crippen LogP) is 4.88. The molecule has 0 bridgehead atoms. The third kappa shape index (κ3) is 5.15. The molecule has 1 aliphatic carbocycles. The maximum atomic E-state index is 12.7. The second-order valence-electron chi connectivity index (χ2n) is 9.48. The molecule has 1 N–H and O–H groups in total. The fourth-order valence-corrected chi connectivity index (χ4v) is 5.32. The Bertz CT molecular complexity index is 1070. The van der Waals surface area contributed by atoms with E-state index in [2.05, 4.69) is 62.4 Å². The quantitative estimate of drug-likeness (QED) is 0.485. The lowest BCUT2D eigenvalue weighted by atomic mass is 9.90. The molecule has 33 heavy (non-hydrogen) atoms. The summed E-state index contributed by atoms with van der Waals surface area (Å²) in [4.78, 5) is 19.7. The number of rotatable bonds is 8. The number of hydrogen-bond donors (Lipinski definition) is 1. The van der Waals surface area contributed by atoms with Crippen molar-refractivity contribution in [3.05, 3.63) is 83.3 Å². The maximum absolute atomic E-state index is 12.7. The highest BCUT2D eigenvalue weighted by atomic mass is 35.5. The third-order valence-corrected chi connectivity index (χ3v) is 7.54. The standard InChI is InChI=1S/C27H31ClN4O/c28-22-10-11-25(30-19-22)32-15-5-9-23(32)20-31-16-12-27(13-17-31)18-24(27)26(33)29-14-4-8-21-6-2-1-3-7-21/h1-3,5-7,9-11,15,19,24H,4,8,12-14,16-18,20H2,(H,29,33). The Morgan fingerprint density at radius 3 is 2.67 bits per heavy atom. The number of piperidine rings is 1. The fourth-order valence-electron chi connectivity index (χ4n) is 5.21. The molecule has 5 rings (SSSR count). The molecule has 2 aromatic heterocycles. The molecule has 1 unspecified atom stereocenters. The monoisotopic (exact) mass is 462 g/mol. The Morgan fingerprint density at radius 2 is 1.91 bits per heavy atom. The minimum Gasteiger partial charge on any atom is -0.356 e. The number of nitrogens with one attached hydrogen (secondary N) is 1. The van der Waals surface area contributed by atoms with Crippen LogP contribution in [0.15, 0.2) is 67.0 Å². The van der Waals surface area contributed by atoms with E-state index in [4.69, 9.17) is 11.6 Å². The normalized spacial score (nSPS) is 19.5. The molecule has 1 amide bonds. The van der Waals surface area contributed by atoms with Gasteiger partial charge in [-0.15, -0.1) is 0 Å². The molecule has 1 atom stereocenters. The van der Waals surface area contributed by atoms with Crippen LogP contribution in [0.3, 0.4) is 0 Å². The van der Waals surface area contributed by atoms with Crippen molar-refractivity contribution in [2.24, 2.45) is 11.3 Å². The van der Waals surface area contributed by atoms with E-state index in [9.17, 15) is 4.79 Å². The van der Waals surface area contributed by atoms with Gasteiger partial charge in [0, 0.05) is 37.1 Å². The molecule has 1 saturated carbocycles. The fraction of sp³-hybridized carbons (Fsp3) is 0.407. The molecule has 1 aromatic carbocycles. The zero-order valence-electron chi connectivity index (χ0n) is 18.9. The van der Waals surface area contributed by atoms with Gasteiger partial charge in [-0.3, -0.25) is 9.69 Å². The van der Waals surface area contributed by atoms with Crippen molar-refractivity contribution in [3.63, 3.8) is 0 Å². The van der Waals surface area contributed by atoms with Gasteiger partial charge < -0.3 is 9.88 Å². The number of carbonyl (C=O) groups excluding carboxylic acids is 1. The van der Waals surface area contributed by atoms with Crippen LogP contribution in [0.25, 0.3) is 5.82 Å². The van der Waals surface area contributed by atoms with Crippen molar-refractivity contribution < 1.29 is 4.79 Å². The zero-order valence-corrected chi connectivity index (χ0v) is 19.7. The Kier molecular flexibility index (Phi) is 6.52. The summed E-state index contributed by atoms with van der Waals surface area (Å²) in [7, 11) is 0. The van der Waals surface area contributed by atoms with Crippen molar-refractivity contribution in [1.29, 1.82) is 0 Å². The van der Waals surface area contributed by atoms with Gasteiger partial charge >= 0.3 is 0 Å². The highest BCUT2D eigenvalue weighted by Gasteiger charge is 2.58. The van der Waals surface area contributed by atoms with Gasteiger partial charge in [0.25, 0.3) is 0 Å². The van der Waals surface area contributed by atoms with E-state index in [-0.39, 0.29) is 17.2 Å². The van der Waals surface area contributed by atoms with Gasteiger partial charge in [0.15, 0.2) is 0 Å². The molecular formula is C27H31ClN4O. The SMILES string of the molecule is O=C(NCCCc1ccccc1)C1CC12CCN(Cc1cccn1-c1ccc(Cl)cn1)CC2. The summed E-state index contributed by atoms with van der Waals surface area (Å²) in [5, 5.41) is 3.84. The number of benzene rings is 1. The Labute approximate surface area is 200 Å². The minimum absolute atomic E-state index is 0.207. The molecule has 172 valence electrons. The molecule has 1 aliphatic heterocycles. The number of aromatic nitrogens is 2. The lowest BCUT2D eigenvalue weighted by molar-refractivity contribution is -0.123. The van der Waals surface area contributed by atoms with E-state index in [0.717, 1.165) is 64.1 Å². The van der Waals surface area contributed by atoms with E-state index < -0.39 is 0 Å². The molecule has 5 nitrogen and oxygen atoms in total. The van der Waals surface area contributed by atoms with Crippen molar-refractivity contribution in [1.82, 2.24) is 19.8 Å². The summed E-state index contributed by atoms with van der Waals surface area (Å²) in [5.41, 5.74) is 2.80. The first-order chi connectivity index (χ1) is 16.1. The van der Waals surface area contributed by atoms with Crippen LogP contribution >= 0.6 is 11.6 Å². The molecule has 0 radical (unpaired) electrons. The van der Waals surface area contributed by atoms with Gasteiger partial charge in [0.1, 0.15) is 5.82 Å². The van der Waals surface area contributed by atoms with Crippen LogP contribution in [0, 0.1) is 11.3 Å². The van der Waals surface area contributed by atoms with Crippen LogP contribution in [0.5, 0.6) is 0 Å². The Hall–Kier alpha value is -2.63. The number of nitrogens with zero attached hydrogens (tertiary/aromatic N) is 3. The predicted molar refractivity (Wildman–Crippen MR) is 131 cm³/mol. The number of halogens is 1. The minimum atomic E-state index is 0.207. The lowest BCUT2D eigenvalue weighted by Crippen LogP contribution is -2.37. The maximum Gasteiger partial charge on any atom is 0.223 e. The topological polar surface area (TPSA) is 50.2 Å². The van der Waals surface area contributed by atoms with E-state index in [0.29, 0.717) is 5.02 Å². The van der Waals surface area contributed by atoms with Crippen LogP contribution in [0.4, 0.5) is 0 Å². The van der Waals surface area contributed by atoms with Crippen LogP contribution < -0.4 is 5.32 Å². The van der Waals surface area contributed by atoms with Crippen LogP contribution in [-0.2, 0) is 17.8 Å². The van der Waals surface area contributed by atoms with Crippen LogP contribution in [-0.4, -0.2) is 40.0 Å². The van der Waals surface area contributed by atoms with E-state index in [1.54, 1.807) is 6.20 Å². The number of amides is 1. The summed E-state index contributed by atoms with van der Waals surface area (Å²) in [6.07, 6.45) is 9.01. The van der Waals surface area contributed by atoms with Crippen molar-refractivity contribution >= 4 is 17.5 Å². The second kappa shape index (κ2) is 9.70. The summed E-state index contributed by atoms with van der Waals surface area (Å²) in [6, 6.07) is 18.5. The number of hydrogen-bond acceptors (Lipinski definition) is 3. The average Bonchev–Trinajstić information content (AvgIpc) is 3.35. The number of pyridine rings is 1. The molecular weight excluding hydrogens is 432 g/mol. The lowest BCUT2D eigenvalue weighted by Gasteiger charge is -2.33. The molecule has 1 spiro atoms. The second-order valence-corrected chi connectivity index (χ2v) is 9.92. The highest BCUT2D eigenvalue weighted by Crippen LogP contribution is 2.59. The van der Waals surface area contributed by atoms with Gasteiger partial charge in [-0.25, -0.2) is 4.98 Å². The molecule has 3 heterocycles. The van der Waals surface area contributed by atoms with E-state index in [1.807, 2.05) is 18.2 Å². The zero-order chi connectivity index (χ0) is 22.7. The summed E-state index contributed by atoms with van der Waals surface area (Å²) in [6.45, 7) is 3.74. The van der Waals surface area contributed by atoms with Crippen molar-refractivity contribution in [2.45, 2.75) is 38.6 Å². The molecule has 1 saturated heterocycles. The van der Waals surface area contributed by atoms with Crippen LogP contribution in [0.1, 0.15) is 36.9 Å². The summed E-state index contributed by atoms with van der Waals surface area (Å²) >= 11 is 5.99. The Balaban J connectivity index is 1.07. The smallest absolute Gasteiger partial charge is 0.223 e. The van der Waals surface area contributed by atoms with Gasteiger partial charge in [-0.1, -0.05) is 41.9 Å². The van der Waals surface area contributed by atoms with Crippen molar-refractivity contribution in [2.75, 3.05) is 19.6 Å². The average molecular weight is 463 g/mol. The van der Waals surface area contributed by atoms with Gasteiger partial charge in [-0.05, 0) is 80.4 Å². The number of carbonyl (C=O) groups is 1. The first-order valence-electron chi connectivity index (χ1n) is 12.0. The molecule has 2 fully saturated rings. The van der Waals surface area contributed by atoms with Crippen LogP contribution in [0.2, 0.25) is 5.02 Å². The van der Waals surface area contributed by atoms with E-state index >= 15 is 0 Å². The van der Waals surface area contributed by atoms with Crippen molar-refractivity contribution in [3.8, 4) is 5.82 Å². The van der Waals surface area contributed by atoms with Gasteiger partial charge in [-0.2, -0.15) is 0 Å². The number of aryl methyl sites for hydroxylation is 1. The largest absolute Gasteiger partial charge is 0.356 e. The summed E-state index contributed by atoms with van der Waals surface area (Å²) < 4.78 is 2.13. The first kappa shape index (κ1) is 22.2. The summed E-state index contributed by atoms with van der Waals surface area (Å²) in [5.74, 6) is 1.36. The molecule has 6 heteroatoms. The number of likely N-dealkylation sites (tertiary alicyclic amines) is 1. The van der Waals surface area contributed by atoms with Gasteiger partial charge in [0.05, 0.1) is 5.02 Å². The first-order valence-corrected chi connectivity index (χ1v) is 12.3. The van der Waals surface area contributed by atoms with Gasteiger partial charge in [0.2, 0.25) is 5.91 Å². The molecule has 3 aromatic rings. The highest BCUT2D eigenvalue weighted by molar-refractivity contribution is 6.30.